The van der Waals surface area contributed by atoms with Gasteiger partial charge in [-0.2, -0.15) is 0 Å². The second-order valence-electron chi connectivity index (χ2n) is 3.48. The van der Waals surface area contributed by atoms with Gasteiger partial charge in [0.15, 0.2) is 0 Å². The van der Waals surface area contributed by atoms with Crippen LogP contribution in [0, 0.1) is 12.3 Å². The molecule has 1 atom stereocenters. The van der Waals surface area contributed by atoms with E-state index in [1.165, 1.54) is 0 Å². The van der Waals surface area contributed by atoms with Crippen LogP contribution in [0.5, 0.6) is 5.75 Å². The minimum absolute atomic E-state index is 0.0625. The molecule has 1 rings (SSSR count). The highest BCUT2D eigenvalue weighted by Gasteiger charge is 2.03. The third-order valence-electron chi connectivity index (χ3n) is 2.18. The van der Waals surface area contributed by atoms with Crippen LogP contribution in [0.1, 0.15) is 12.5 Å². The van der Waals surface area contributed by atoms with E-state index in [1.807, 2.05) is 31.2 Å². The SMILES string of the molecule is C#CC(C)NCc1ccccc1OCC=C. The van der Waals surface area contributed by atoms with Crippen LogP contribution in [0.25, 0.3) is 0 Å². The van der Waals surface area contributed by atoms with Gasteiger partial charge >= 0.3 is 0 Å². The van der Waals surface area contributed by atoms with Crippen molar-refractivity contribution in [2.45, 2.75) is 19.5 Å². The molecule has 0 aliphatic heterocycles. The first-order valence-electron chi connectivity index (χ1n) is 5.29. The van der Waals surface area contributed by atoms with Crippen LogP contribution < -0.4 is 10.1 Å². The Morgan fingerprint density at radius 1 is 1.56 bits per heavy atom. The van der Waals surface area contributed by atoms with Gasteiger partial charge in [0.05, 0.1) is 6.04 Å². The summed E-state index contributed by atoms with van der Waals surface area (Å²) in [5.41, 5.74) is 1.10. The number of rotatable bonds is 6. The summed E-state index contributed by atoms with van der Waals surface area (Å²) in [4.78, 5) is 0. The molecule has 1 aromatic carbocycles. The Kier molecular flexibility index (Phi) is 5.18. The van der Waals surface area contributed by atoms with E-state index in [9.17, 15) is 0 Å². The highest BCUT2D eigenvalue weighted by Crippen LogP contribution is 2.17. The van der Waals surface area contributed by atoms with Gasteiger partial charge in [-0.15, -0.1) is 6.42 Å². The van der Waals surface area contributed by atoms with E-state index in [1.54, 1.807) is 6.08 Å². The predicted octanol–water partition coefficient (Wildman–Crippen LogP) is 2.36. The summed E-state index contributed by atoms with van der Waals surface area (Å²) in [6.07, 6.45) is 7.03. The Hall–Kier alpha value is -1.72. The Morgan fingerprint density at radius 3 is 3.00 bits per heavy atom. The first-order chi connectivity index (χ1) is 7.77. The Labute approximate surface area is 97.3 Å². The summed E-state index contributed by atoms with van der Waals surface area (Å²) in [7, 11) is 0. The number of ether oxygens (including phenoxy) is 1. The third-order valence-corrected chi connectivity index (χ3v) is 2.18. The van der Waals surface area contributed by atoms with Gasteiger partial charge in [-0.3, -0.25) is 5.32 Å². The van der Waals surface area contributed by atoms with Crippen LogP contribution in [0.15, 0.2) is 36.9 Å². The number of benzene rings is 1. The molecule has 0 heterocycles. The van der Waals surface area contributed by atoms with E-state index < -0.39 is 0 Å². The van der Waals surface area contributed by atoms with Gasteiger partial charge < -0.3 is 4.74 Å². The molecule has 1 aromatic rings. The maximum absolute atomic E-state index is 5.54. The standard InChI is InChI=1S/C14H17NO/c1-4-10-16-14-9-7-6-8-13(14)11-15-12(3)5-2/h2,4,6-9,12,15H,1,10-11H2,3H3. The van der Waals surface area contributed by atoms with Crippen molar-refractivity contribution < 1.29 is 4.74 Å². The van der Waals surface area contributed by atoms with E-state index >= 15 is 0 Å². The number of nitrogens with one attached hydrogen (secondary N) is 1. The fraction of sp³-hybridized carbons (Fsp3) is 0.286. The lowest BCUT2D eigenvalue weighted by molar-refractivity contribution is 0.357. The molecule has 0 aromatic heterocycles. The van der Waals surface area contributed by atoms with Crippen molar-refractivity contribution in [2.24, 2.45) is 0 Å². The molecular formula is C14H17NO. The molecule has 0 saturated carbocycles. The van der Waals surface area contributed by atoms with Crippen molar-refractivity contribution in [3.63, 3.8) is 0 Å². The summed E-state index contributed by atoms with van der Waals surface area (Å²) < 4.78 is 5.54. The average molecular weight is 215 g/mol. The van der Waals surface area contributed by atoms with Gasteiger partial charge in [-0.05, 0) is 13.0 Å². The molecule has 0 fully saturated rings. The highest BCUT2D eigenvalue weighted by atomic mass is 16.5. The normalized spacial score (nSPS) is 11.5. The molecule has 2 nitrogen and oxygen atoms in total. The van der Waals surface area contributed by atoms with Gasteiger partial charge in [-0.1, -0.05) is 36.8 Å². The van der Waals surface area contributed by atoms with Gasteiger partial charge in [0.1, 0.15) is 12.4 Å². The van der Waals surface area contributed by atoms with E-state index in [4.69, 9.17) is 11.2 Å². The molecule has 0 aliphatic carbocycles. The average Bonchev–Trinajstić information content (AvgIpc) is 2.34. The number of para-hydroxylation sites is 1. The lowest BCUT2D eigenvalue weighted by Gasteiger charge is -2.12. The van der Waals surface area contributed by atoms with E-state index in [0.717, 1.165) is 11.3 Å². The Balaban J connectivity index is 2.63. The molecular weight excluding hydrogens is 198 g/mol. The molecule has 2 heteroatoms. The first kappa shape index (κ1) is 12.4. The summed E-state index contributed by atoms with van der Waals surface area (Å²) in [6.45, 7) is 6.80. The molecule has 0 spiro atoms. The molecule has 1 unspecified atom stereocenters. The molecule has 0 aliphatic rings. The quantitative estimate of drug-likeness (QED) is 0.581. The van der Waals surface area contributed by atoms with Crippen LogP contribution >= 0.6 is 0 Å². The zero-order chi connectivity index (χ0) is 11.8. The predicted molar refractivity (Wildman–Crippen MR) is 67.3 cm³/mol. The van der Waals surface area contributed by atoms with E-state index in [0.29, 0.717) is 13.2 Å². The van der Waals surface area contributed by atoms with Crippen molar-refractivity contribution in [1.29, 1.82) is 0 Å². The van der Waals surface area contributed by atoms with Gasteiger partial charge in [0, 0.05) is 12.1 Å². The van der Waals surface area contributed by atoms with Crippen molar-refractivity contribution in [3.8, 4) is 18.1 Å². The van der Waals surface area contributed by atoms with Gasteiger partial charge in [0.25, 0.3) is 0 Å². The molecule has 0 saturated heterocycles. The first-order valence-corrected chi connectivity index (χ1v) is 5.29. The number of terminal acetylenes is 1. The van der Waals surface area contributed by atoms with Crippen molar-refractivity contribution in [3.05, 3.63) is 42.5 Å². The molecule has 0 radical (unpaired) electrons. The lowest BCUT2D eigenvalue weighted by atomic mass is 10.2. The second kappa shape index (κ2) is 6.71. The highest BCUT2D eigenvalue weighted by molar-refractivity contribution is 5.33. The van der Waals surface area contributed by atoms with Crippen molar-refractivity contribution >= 4 is 0 Å². The minimum Gasteiger partial charge on any atom is -0.489 e. The van der Waals surface area contributed by atoms with Crippen LogP contribution in [-0.4, -0.2) is 12.6 Å². The summed E-state index contributed by atoms with van der Waals surface area (Å²) in [6, 6.07) is 7.97. The maximum Gasteiger partial charge on any atom is 0.124 e. The summed E-state index contributed by atoms with van der Waals surface area (Å²) in [5, 5.41) is 3.22. The molecule has 0 bridgehead atoms. The Morgan fingerprint density at radius 2 is 2.31 bits per heavy atom. The summed E-state index contributed by atoms with van der Waals surface area (Å²) >= 11 is 0. The number of hydrogen-bond acceptors (Lipinski definition) is 2. The Bertz CT molecular complexity index is 379. The smallest absolute Gasteiger partial charge is 0.124 e. The molecule has 0 amide bonds. The van der Waals surface area contributed by atoms with Crippen molar-refractivity contribution in [1.82, 2.24) is 5.32 Å². The summed E-state index contributed by atoms with van der Waals surface area (Å²) in [5.74, 6) is 3.50. The fourth-order valence-corrected chi connectivity index (χ4v) is 1.26. The maximum atomic E-state index is 5.54. The largest absolute Gasteiger partial charge is 0.489 e. The molecule has 1 N–H and O–H groups in total. The van der Waals surface area contributed by atoms with Crippen molar-refractivity contribution in [2.75, 3.05) is 6.61 Å². The molecule has 16 heavy (non-hydrogen) atoms. The van der Waals surface area contributed by atoms with Crippen LogP contribution in [-0.2, 0) is 6.54 Å². The van der Waals surface area contributed by atoms with Crippen LogP contribution in [0.2, 0.25) is 0 Å². The van der Waals surface area contributed by atoms with Crippen LogP contribution in [0.4, 0.5) is 0 Å². The monoisotopic (exact) mass is 215 g/mol. The van der Waals surface area contributed by atoms with E-state index in [2.05, 4.69) is 17.8 Å². The van der Waals surface area contributed by atoms with Gasteiger partial charge in [0.2, 0.25) is 0 Å². The third kappa shape index (κ3) is 3.80. The van der Waals surface area contributed by atoms with Gasteiger partial charge in [-0.25, -0.2) is 0 Å². The molecule has 84 valence electrons. The lowest BCUT2D eigenvalue weighted by Crippen LogP contribution is -2.23. The zero-order valence-corrected chi connectivity index (χ0v) is 9.57. The fourth-order valence-electron chi connectivity index (χ4n) is 1.26. The topological polar surface area (TPSA) is 21.3 Å². The van der Waals surface area contributed by atoms with Crippen LogP contribution in [0.3, 0.4) is 0 Å². The minimum atomic E-state index is 0.0625. The second-order valence-corrected chi connectivity index (χ2v) is 3.48. The zero-order valence-electron chi connectivity index (χ0n) is 9.57. The number of hydrogen-bond donors (Lipinski definition) is 1. The van der Waals surface area contributed by atoms with E-state index in [-0.39, 0.29) is 6.04 Å².